The van der Waals surface area contributed by atoms with Gasteiger partial charge in [-0.1, -0.05) is 0 Å². The van der Waals surface area contributed by atoms with Crippen LogP contribution in [-0.4, -0.2) is 41.6 Å². The molecule has 0 aliphatic carbocycles. The highest BCUT2D eigenvalue weighted by Gasteiger charge is 2.16. The van der Waals surface area contributed by atoms with Gasteiger partial charge in [0.2, 0.25) is 5.91 Å². The Morgan fingerprint density at radius 1 is 1.42 bits per heavy atom. The van der Waals surface area contributed by atoms with Crippen LogP contribution in [0.3, 0.4) is 0 Å². The minimum Gasteiger partial charge on any atom is -0.340 e. The van der Waals surface area contributed by atoms with Gasteiger partial charge >= 0.3 is 0 Å². The number of carbonyl (C=O) groups is 1. The molecule has 0 spiro atoms. The third kappa shape index (κ3) is 3.67. The Hall–Kier alpha value is -1.14. The Balaban J connectivity index is 1.98. The van der Waals surface area contributed by atoms with Gasteiger partial charge in [0.1, 0.15) is 0 Å². The van der Waals surface area contributed by atoms with Crippen LogP contribution in [0.1, 0.15) is 12.0 Å². The number of aryl methyl sites for hydroxylation is 2. The summed E-state index contributed by atoms with van der Waals surface area (Å²) < 4.78 is 2.14. The number of pyridine rings is 1. The van der Waals surface area contributed by atoms with Crippen molar-refractivity contribution < 1.29 is 4.79 Å². The first kappa shape index (κ1) is 14.3. The fraction of sp³-hybridized carbons (Fsp3) is 0.538. The van der Waals surface area contributed by atoms with Crippen LogP contribution in [0.4, 0.5) is 0 Å². The second-order valence-corrected chi connectivity index (χ2v) is 5.60. The second kappa shape index (κ2) is 6.34. The summed E-state index contributed by atoms with van der Waals surface area (Å²) in [5.74, 6) is 0.117. The average molecular weight is 328 g/mol. The van der Waals surface area contributed by atoms with E-state index in [1.807, 2.05) is 11.8 Å². The summed E-state index contributed by atoms with van der Waals surface area (Å²) in [7, 11) is 0. The lowest BCUT2D eigenvalue weighted by Gasteiger charge is -2.27. The molecular formula is C13H18BrN3O2. The van der Waals surface area contributed by atoms with Crippen molar-refractivity contribution in [1.29, 1.82) is 0 Å². The number of rotatable bonds is 3. The van der Waals surface area contributed by atoms with Crippen molar-refractivity contribution in [2.45, 2.75) is 19.9 Å². The molecular weight excluding hydrogens is 310 g/mol. The molecule has 0 atom stereocenters. The summed E-state index contributed by atoms with van der Waals surface area (Å²) in [5.41, 5.74) is 0.916. The number of piperazine rings is 1. The summed E-state index contributed by atoms with van der Waals surface area (Å²) in [4.78, 5) is 25.8. The minimum absolute atomic E-state index is 0.0845. The molecule has 1 aliphatic rings. The zero-order valence-corrected chi connectivity index (χ0v) is 12.6. The molecule has 2 rings (SSSR count). The van der Waals surface area contributed by atoms with E-state index in [1.165, 1.54) is 0 Å². The first-order valence-corrected chi connectivity index (χ1v) is 7.22. The Morgan fingerprint density at radius 2 is 2.11 bits per heavy atom. The number of hydrogen-bond donors (Lipinski definition) is 1. The Labute approximate surface area is 120 Å². The van der Waals surface area contributed by atoms with Crippen molar-refractivity contribution in [2.24, 2.45) is 0 Å². The van der Waals surface area contributed by atoms with E-state index in [0.717, 1.165) is 31.7 Å². The van der Waals surface area contributed by atoms with E-state index < -0.39 is 0 Å². The van der Waals surface area contributed by atoms with Gasteiger partial charge in [-0.05, 0) is 34.5 Å². The quantitative estimate of drug-likeness (QED) is 0.891. The molecule has 0 bridgehead atoms. The summed E-state index contributed by atoms with van der Waals surface area (Å²) in [6.07, 6.45) is 2.16. The van der Waals surface area contributed by atoms with E-state index in [-0.39, 0.29) is 11.5 Å². The summed E-state index contributed by atoms with van der Waals surface area (Å²) in [6.45, 7) is 5.57. The molecule has 1 amide bonds. The van der Waals surface area contributed by atoms with E-state index >= 15 is 0 Å². The van der Waals surface area contributed by atoms with Gasteiger partial charge in [-0.25, -0.2) is 0 Å². The van der Waals surface area contributed by atoms with Crippen LogP contribution >= 0.6 is 15.9 Å². The lowest BCUT2D eigenvalue weighted by molar-refractivity contribution is -0.132. The highest BCUT2D eigenvalue weighted by molar-refractivity contribution is 9.10. The van der Waals surface area contributed by atoms with E-state index in [0.29, 0.717) is 17.4 Å². The highest BCUT2D eigenvalue weighted by atomic mass is 79.9. The lowest BCUT2D eigenvalue weighted by Crippen LogP contribution is -2.46. The molecule has 1 fully saturated rings. The molecule has 104 valence electrons. The summed E-state index contributed by atoms with van der Waals surface area (Å²) >= 11 is 3.24. The maximum absolute atomic E-state index is 12.0. The Kier molecular flexibility index (Phi) is 4.76. The predicted molar refractivity (Wildman–Crippen MR) is 77.2 cm³/mol. The molecule has 0 aromatic carbocycles. The van der Waals surface area contributed by atoms with Crippen molar-refractivity contribution in [3.05, 3.63) is 32.7 Å². The van der Waals surface area contributed by atoms with Crippen molar-refractivity contribution in [1.82, 2.24) is 14.8 Å². The smallest absolute Gasteiger partial charge is 0.264 e. The van der Waals surface area contributed by atoms with Crippen molar-refractivity contribution >= 4 is 21.8 Å². The predicted octanol–water partition coefficient (Wildman–Crippen LogP) is 0.741. The van der Waals surface area contributed by atoms with Crippen molar-refractivity contribution in [2.75, 3.05) is 26.2 Å². The standard InChI is InChI=1S/C13H18BrN3O2/c1-10-8-11(14)13(19)17(9-10)5-2-12(18)16-6-3-15-4-7-16/h8-9,15H,2-7H2,1H3. The van der Waals surface area contributed by atoms with Gasteiger partial charge in [0.15, 0.2) is 0 Å². The monoisotopic (exact) mass is 327 g/mol. The maximum Gasteiger partial charge on any atom is 0.264 e. The molecule has 1 aromatic heterocycles. The van der Waals surface area contributed by atoms with E-state index in [1.54, 1.807) is 16.8 Å². The maximum atomic E-state index is 12.0. The molecule has 2 heterocycles. The lowest BCUT2D eigenvalue weighted by atomic mass is 10.3. The number of nitrogens with zero attached hydrogens (tertiary/aromatic N) is 2. The second-order valence-electron chi connectivity index (χ2n) is 4.74. The number of carbonyl (C=O) groups excluding carboxylic acids is 1. The van der Waals surface area contributed by atoms with Crippen LogP contribution in [0.15, 0.2) is 21.5 Å². The Morgan fingerprint density at radius 3 is 2.79 bits per heavy atom. The molecule has 0 unspecified atom stereocenters. The number of nitrogens with one attached hydrogen (secondary N) is 1. The zero-order valence-electron chi connectivity index (χ0n) is 11.0. The van der Waals surface area contributed by atoms with Gasteiger partial charge in [0.25, 0.3) is 5.56 Å². The number of hydrogen-bond acceptors (Lipinski definition) is 3. The van der Waals surface area contributed by atoms with Crippen molar-refractivity contribution in [3.8, 4) is 0 Å². The van der Waals surface area contributed by atoms with Gasteiger partial charge in [0.05, 0.1) is 4.47 Å². The van der Waals surface area contributed by atoms with Crippen LogP contribution in [0, 0.1) is 6.92 Å². The molecule has 1 saturated heterocycles. The van der Waals surface area contributed by atoms with Crippen LogP contribution in [0.5, 0.6) is 0 Å². The van der Waals surface area contributed by atoms with Gasteiger partial charge in [-0.15, -0.1) is 0 Å². The largest absolute Gasteiger partial charge is 0.340 e. The summed E-state index contributed by atoms with van der Waals surface area (Å²) in [6, 6.07) is 1.79. The highest BCUT2D eigenvalue weighted by Crippen LogP contribution is 2.06. The molecule has 19 heavy (non-hydrogen) atoms. The van der Waals surface area contributed by atoms with Gasteiger partial charge < -0.3 is 14.8 Å². The SMILES string of the molecule is Cc1cc(Br)c(=O)n(CCC(=O)N2CCNCC2)c1. The molecule has 1 N–H and O–H groups in total. The van der Waals surface area contributed by atoms with Gasteiger partial charge in [-0.3, -0.25) is 9.59 Å². The topological polar surface area (TPSA) is 54.3 Å². The average Bonchev–Trinajstić information content (AvgIpc) is 2.41. The molecule has 1 aliphatic heterocycles. The number of halogens is 1. The van der Waals surface area contributed by atoms with Crippen LogP contribution < -0.4 is 10.9 Å². The summed E-state index contributed by atoms with van der Waals surface area (Å²) in [5, 5.41) is 3.21. The third-order valence-corrected chi connectivity index (χ3v) is 3.78. The minimum atomic E-state index is -0.0845. The number of amides is 1. The first-order chi connectivity index (χ1) is 9.08. The first-order valence-electron chi connectivity index (χ1n) is 6.43. The fourth-order valence-corrected chi connectivity index (χ4v) is 2.78. The molecule has 5 nitrogen and oxygen atoms in total. The molecule has 0 saturated carbocycles. The molecule has 0 radical (unpaired) electrons. The van der Waals surface area contributed by atoms with Crippen LogP contribution in [0.25, 0.3) is 0 Å². The Bertz CT molecular complexity index is 521. The normalized spacial score (nSPS) is 15.6. The zero-order chi connectivity index (χ0) is 13.8. The van der Waals surface area contributed by atoms with Crippen LogP contribution in [0.2, 0.25) is 0 Å². The van der Waals surface area contributed by atoms with E-state index in [2.05, 4.69) is 21.2 Å². The van der Waals surface area contributed by atoms with E-state index in [4.69, 9.17) is 0 Å². The van der Waals surface area contributed by atoms with Gasteiger partial charge in [0, 0.05) is 45.3 Å². The van der Waals surface area contributed by atoms with Crippen LogP contribution in [-0.2, 0) is 11.3 Å². The van der Waals surface area contributed by atoms with Crippen molar-refractivity contribution in [3.63, 3.8) is 0 Å². The van der Waals surface area contributed by atoms with Gasteiger partial charge in [-0.2, -0.15) is 0 Å². The molecule has 6 heteroatoms. The molecule has 1 aromatic rings. The third-order valence-electron chi connectivity index (χ3n) is 3.22. The fourth-order valence-electron chi connectivity index (χ4n) is 2.20. The number of aromatic nitrogens is 1. The van der Waals surface area contributed by atoms with E-state index in [9.17, 15) is 9.59 Å².